The maximum Gasteiger partial charge on any atom is 0.0547 e. The molecular formula is C42H33N. The molecule has 0 bridgehead atoms. The second-order valence-electron chi connectivity index (χ2n) is 11.7. The van der Waals surface area contributed by atoms with Gasteiger partial charge in [0.05, 0.1) is 11.0 Å². The second kappa shape index (κ2) is 10.6. The zero-order valence-electron chi connectivity index (χ0n) is 24.4. The van der Waals surface area contributed by atoms with Crippen LogP contribution in [-0.4, -0.2) is 4.57 Å². The summed E-state index contributed by atoms with van der Waals surface area (Å²) < 4.78 is 2.43. The van der Waals surface area contributed by atoms with E-state index in [0.717, 1.165) is 12.8 Å². The average molecular weight is 552 g/mol. The summed E-state index contributed by atoms with van der Waals surface area (Å²) in [5, 5.41) is 5.07. The molecule has 0 saturated carbocycles. The van der Waals surface area contributed by atoms with E-state index >= 15 is 0 Å². The van der Waals surface area contributed by atoms with Crippen LogP contribution in [0.3, 0.4) is 0 Å². The number of aromatic nitrogens is 1. The van der Waals surface area contributed by atoms with Crippen LogP contribution in [0.15, 0.2) is 152 Å². The Kier molecular flexibility index (Phi) is 6.30. The molecule has 0 N–H and O–H groups in total. The third-order valence-corrected chi connectivity index (χ3v) is 9.14. The molecule has 1 aliphatic rings. The Bertz CT molecular complexity index is 2190. The molecule has 7 aromatic rings. The smallest absolute Gasteiger partial charge is 0.0547 e. The summed E-state index contributed by atoms with van der Waals surface area (Å²) in [6, 6.07) is 49.3. The summed E-state index contributed by atoms with van der Waals surface area (Å²) in [6.45, 7) is 2.33. The van der Waals surface area contributed by atoms with Crippen LogP contribution in [0, 0.1) is 0 Å². The fourth-order valence-electron chi connectivity index (χ4n) is 6.84. The molecule has 0 spiro atoms. The highest BCUT2D eigenvalue weighted by Gasteiger charge is 2.17. The maximum absolute atomic E-state index is 2.43. The van der Waals surface area contributed by atoms with Gasteiger partial charge in [0.1, 0.15) is 0 Å². The van der Waals surface area contributed by atoms with Crippen molar-refractivity contribution in [2.75, 3.05) is 0 Å². The van der Waals surface area contributed by atoms with Crippen molar-refractivity contribution in [3.8, 4) is 16.8 Å². The molecule has 0 fully saturated rings. The number of benzene rings is 6. The third-order valence-electron chi connectivity index (χ3n) is 9.14. The first-order chi connectivity index (χ1) is 21.2. The molecule has 1 aliphatic carbocycles. The van der Waals surface area contributed by atoms with E-state index in [1.54, 1.807) is 0 Å². The van der Waals surface area contributed by atoms with Gasteiger partial charge >= 0.3 is 0 Å². The Morgan fingerprint density at radius 3 is 2.19 bits per heavy atom. The first-order valence-electron chi connectivity index (χ1n) is 15.3. The lowest BCUT2D eigenvalue weighted by Gasteiger charge is -2.18. The summed E-state index contributed by atoms with van der Waals surface area (Å²) in [6.07, 6.45) is 9.15. The summed E-state index contributed by atoms with van der Waals surface area (Å²) >= 11 is 0. The molecule has 1 unspecified atom stereocenters. The number of rotatable bonds is 5. The van der Waals surface area contributed by atoms with Crippen molar-refractivity contribution in [2.24, 2.45) is 0 Å². The van der Waals surface area contributed by atoms with Crippen LogP contribution in [0.1, 0.15) is 42.4 Å². The van der Waals surface area contributed by atoms with Gasteiger partial charge in [-0.1, -0.05) is 134 Å². The minimum absolute atomic E-state index is 0.267. The molecular weight excluding hydrogens is 518 g/mol. The van der Waals surface area contributed by atoms with E-state index < -0.39 is 0 Å². The van der Waals surface area contributed by atoms with Gasteiger partial charge in [0, 0.05) is 22.4 Å². The van der Waals surface area contributed by atoms with Gasteiger partial charge in [0.25, 0.3) is 0 Å². The fraction of sp³-hybridized carbons (Fsp3) is 0.0952. The molecule has 206 valence electrons. The Balaban J connectivity index is 1.24. The van der Waals surface area contributed by atoms with Gasteiger partial charge in [-0.15, -0.1) is 0 Å². The minimum atomic E-state index is 0.267. The number of para-hydroxylation sites is 1. The molecule has 1 heteroatoms. The Hall–Kier alpha value is -5.14. The van der Waals surface area contributed by atoms with Crippen molar-refractivity contribution in [3.63, 3.8) is 0 Å². The molecule has 1 atom stereocenters. The van der Waals surface area contributed by atoms with Crippen LogP contribution in [0.4, 0.5) is 0 Å². The van der Waals surface area contributed by atoms with E-state index in [1.165, 1.54) is 71.7 Å². The van der Waals surface area contributed by atoms with Gasteiger partial charge < -0.3 is 4.57 Å². The van der Waals surface area contributed by atoms with Crippen molar-refractivity contribution in [2.45, 2.75) is 25.7 Å². The number of hydrogen-bond donors (Lipinski definition) is 0. The number of hydrogen-bond acceptors (Lipinski definition) is 0. The summed E-state index contributed by atoms with van der Waals surface area (Å²) in [5.41, 5.74) is 11.5. The fourth-order valence-corrected chi connectivity index (χ4v) is 6.84. The average Bonchev–Trinajstić information content (AvgIpc) is 3.42. The summed E-state index contributed by atoms with van der Waals surface area (Å²) in [5.74, 6) is 0.267. The predicted octanol–water partition coefficient (Wildman–Crippen LogP) is 11.5. The summed E-state index contributed by atoms with van der Waals surface area (Å²) in [4.78, 5) is 0. The van der Waals surface area contributed by atoms with Gasteiger partial charge in [-0.05, 0) is 81.3 Å². The highest BCUT2D eigenvalue weighted by Crippen LogP contribution is 2.38. The second-order valence-corrected chi connectivity index (χ2v) is 11.7. The molecule has 0 amide bonds. The Labute approximate surface area is 253 Å². The van der Waals surface area contributed by atoms with E-state index in [1.807, 2.05) is 0 Å². The van der Waals surface area contributed by atoms with E-state index in [9.17, 15) is 0 Å². The predicted molar refractivity (Wildman–Crippen MR) is 184 cm³/mol. The van der Waals surface area contributed by atoms with Crippen molar-refractivity contribution in [1.29, 1.82) is 0 Å². The Morgan fingerprint density at radius 1 is 0.581 bits per heavy atom. The minimum Gasteiger partial charge on any atom is -0.309 e. The molecule has 1 heterocycles. The lowest BCUT2D eigenvalue weighted by molar-refractivity contribution is 0.924. The first-order valence-corrected chi connectivity index (χ1v) is 15.3. The van der Waals surface area contributed by atoms with Crippen LogP contribution in [0.5, 0.6) is 0 Å². The SMILES string of the molecule is CC(c1ccc(C2=CCCC=C2)cc1)c1ccccc1-c1ccc2c3ccccc3n(-c3ccc4ccccc4c3)c2c1. The van der Waals surface area contributed by atoms with Crippen molar-refractivity contribution >= 4 is 38.2 Å². The molecule has 1 aromatic heterocycles. The topological polar surface area (TPSA) is 4.93 Å². The molecule has 0 saturated heterocycles. The van der Waals surface area contributed by atoms with Crippen molar-refractivity contribution < 1.29 is 0 Å². The maximum atomic E-state index is 2.43. The molecule has 8 rings (SSSR count). The largest absolute Gasteiger partial charge is 0.309 e. The van der Waals surface area contributed by atoms with Gasteiger partial charge in [-0.3, -0.25) is 0 Å². The molecule has 0 radical (unpaired) electrons. The number of allylic oxidation sites excluding steroid dienone is 4. The Morgan fingerprint density at radius 2 is 1.33 bits per heavy atom. The van der Waals surface area contributed by atoms with Crippen LogP contribution in [0.25, 0.3) is 55.0 Å². The van der Waals surface area contributed by atoms with Gasteiger partial charge in [0.15, 0.2) is 0 Å². The number of fused-ring (bicyclic) bond motifs is 4. The van der Waals surface area contributed by atoms with Gasteiger partial charge in [-0.25, -0.2) is 0 Å². The van der Waals surface area contributed by atoms with Crippen molar-refractivity contribution in [3.05, 3.63) is 168 Å². The van der Waals surface area contributed by atoms with E-state index in [-0.39, 0.29) is 5.92 Å². The highest BCUT2D eigenvalue weighted by molar-refractivity contribution is 6.10. The molecule has 0 aliphatic heterocycles. The molecule has 6 aromatic carbocycles. The normalized spacial score (nSPS) is 13.9. The van der Waals surface area contributed by atoms with Crippen LogP contribution < -0.4 is 0 Å². The van der Waals surface area contributed by atoms with Crippen LogP contribution >= 0.6 is 0 Å². The lowest BCUT2D eigenvalue weighted by atomic mass is 9.86. The van der Waals surface area contributed by atoms with Crippen LogP contribution in [0.2, 0.25) is 0 Å². The first kappa shape index (κ1) is 25.6. The molecule has 1 nitrogen and oxygen atoms in total. The lowest BCUT2D eigenvalue weighted by Crippen LogP contribution is -2.00. The van der Waals surface area contributed by atoms with Crippen molar-refractivity contribution in [1.82, 2.24) is 4.57 Å². The van der Waals surface area contributed by atoms with Crippen LogP contribution in [-0.2, 0) is 0 Å². The van der Waals surface area contributed by atoms with E-state index in [4.69, 9.17) is 0 Å². The zero-order valence-corrected chi connectivity index (χ0v) is 24.4. The quantitative estimate of drug-likeness (QED) is 0.200. The highest BCUT2D eigenvalue weighted by atomic mass is 15.0. The zero-order chi connectivity index (χ0) is 28.8. The monoisotopic (exact) mass is 551 g/mol. The standard InChI is InChI=1S/C42H33N/c1-29(30-19-21-33(22-20-30)31-11-3-2-4-12-31)37-15-7-8-16-38(37)35-24-26-40-39-17-9-10-18-41(39)43(42(40)28-35)36-25-23-32-13-5-6-14-34(32)27-36/h3,5-29H,2,4H2,1H3. The van der Waals surface area contributed by atoms with Gasteiger partial charge in [-0.2, -0.15) is 0 Å². The number of nitrogens with zero attached hydrogens (tertiary/aromatic N) is 1. The van der Waals surface area contributed by atoms with E-state index in [2.05, 4.69) is 163 Å². The summed E-state index contributed by atoms with van der Waals surface area (Å²) in [7, 11) is 0. The molecule has 43 heavy (non-hydrogen) atoms. The third kappa shape index (κ3) is 4.49. The van der Waals surface area contributed by atoms with E-state index in [0.29, 0.717) is 0 Å². The van der Waals surface area contributed by atoms with Gasteiger partial charge in [0.2, 0.25) is 0 Å².